The predicted octanol–water partition coefficient (Wildman–Crippen LogP) is 2.65. The molecule has 0 N–H and O–H groups in total. The molecule has 0 fully saturated rings. The average Bonchev–Trinajstić information content (AvgIpc) is 2.62. The molecule has 0 amide bonds. The van der Waals surface area contributed by atoms with E-state index >= 15 is 0 Å². The maximum atomic E-state index is 11.3. The highest BCUT2D eigenvalue weighted by atomic mass is 16.7. The van der Waals surface area contributed by atoms with Gasteiger partial charge in [-0.2, -0.15) is 0 Å². The number of nitrogens with zero attached hydrogens (tertiary/aromatic N) is 1. The summed E-state index contributed by atoms with van der Waals surface area (Å²) in [5.41, 5.74) is 2.38. The molecule has 82 valence electrons. The molecule has 1 aliphatic rings. The highest BCUT2D eigenvalue weighted by molar-refractivity contribution is 6.21. The van der Waals surface area contributed by atoms with Gasteiger partial charge in [0.25, 0.3) is 0 Å². The van der Waals surface area contributed by atoms with E-state index in [0.29, 0.717) is 11.3 Å². The fourth-order valence-corrected chi connectivity index (χ4v) is 1.65. The first-order valence-electron chi connectivity index (χ1n) is 5.21. The van der Waals surface area contributed by atoms with Crippen LogP contribution in [0.15, 0.2) is 47.1 Å². The van der Waals surface area contributed by atoms with Gasteiger partial charge in [-0.1, -0.05) is 48.5 Å². The van der Waals surface area contributed by atoms with Crippen LogP contribution in [0.3, 0.4) is 0 Å². The first-order valence-corrected chi connectivity index (χ1v) is 5.21. The van der Waals surface area contributed by atoms with E-state index in [1.807, 2.05) is 43.3 Å². The number of hydrogen-bond acceptors (Lipinski definition) is 3. The number of oxime groups is 1. The van der Waals surface area contributed by atoms with E-state index in [4.69, 9.17) is 0 Å². The molecular weight excluding hydrogens is 202 g/mol. The van der Waals surface area contributed by atoms with Crippen LogP contribution in [-0.4, -0.2) is 11.7 Å². The molecule has 0 spiro atoms. The van der Waals surface area contributed by atoms with Crippen LogP contribution in [0.4, 0.5) is 0 Å². The van der Waals surface area contributed by atoms with Crippen molar-refractivity contribution >= 4 is 11.7 Å². The molecule has 2 rings (SSSR count). The third-order valence-electron chi connectivity index (χ3n) is 2.62. The number of carbonyl (C=O) groups excluding carboxylic acids is 1. The highest BCUT2D eigenvalue weighted by Crippen LogP contribution is 2.21. The second-order valence-corrected chi connectivity index (χ2v) is 3.84. The van der Waals surface area contributed by atoms with Crippen molar-refractivity contribution in [1.82, 2.24) is 0 Å². The van der Waals surface area contributed by atoms with Crippen molar-refractivity contribution in [3.05, 3.63) is 47.5 Å². The second-order valence-electron chi connectivity index (χ2n) is 3.84. The topological polar surface area (TPSA) is 38.7 Å². The molecule has 0 saturated carbocycles. The van der Waals surface area contributed by atoms with Gasteiger partial charge in [0.15, 0.2) is 0 Å². The van der Waals surface area contributed by atoms with Gasteiger partial charge in [0.05, 0.1) is 11.3 Å². The number of rotatable bonds is 2. The number of carbonyl (C=O) groups is 1. The summed E-state index contributed by atoms with van der Waals surface area (Å²) in [6.07, 6.45) is 1.89. The summed E-state index contributed by atoms with van der Waals surface area (Å²) in [7, 11) is 0. The maximum Gasteiger partial charge on any atom is 0.367 e. The van der Waals surface area contributed by atoms with Gasteiger partial charge in [-0.3, -0.25) is 0 Å². The lowest BCUT2D eigenvalue weighted by Gasteiger charge is -2.06. The Morgan fingerprint density at radius 3 is 2.56 bits per heavy atom. The molecule has 0 bridgehead atoms. The Labute approximate surface area is 94.4 Å². The van der Waals surface area contributed by atoms with Crippen molar-refractivity contribution in [1.29, 1.82) is 0 Å². The van der Waals surface area contributed by atoms with E-state index in [1.165, 1.54) is 5.56 Å². The number of hydrogen-bond donors (Lipinski definition) is 0. The highest BCUT2D eigenvalue weighted by Gasteiger charge is 2.22. The molecule has 1 aliphatic heterocycles. The van der Waals surface area contributed by atoms with Gasteiger partial charge >= 0.3 is 5.97 Å². The van der Waals surface area contributed by atoms with Crippen LogP contribution < -0.4 is 0 Å². The van der Waals surface area contributed by atoms with E-state index in [1.54, 1.807) is 6.92 Å². The van der Waals surface area contributed by atoms with Crippen molar-refractivity contribution < 1.29 is 9.63 Å². The molecule has 3 heteroatoms. The van der Waals surface area contributed by atoms with Gasteiger partial charge in [0.2, 0.25) is 0 Å². The van der Waals surface area contributed by atoms with Crippen LogP contribution in [0.2, 0.25) is 0 Å². The van der Waals surface area contributed by atoms with Crippen molar-refractivity contribution in [2.75, 3.05) is 0 Å². The summed E-state index contributed by atoms with van der Waals surface area (Å²) in [4.78, 5) is 15.9. The molecule has 1 aromatic rings. The molecule has 16 heavy (non-hydrogen) atoms. The Morgan fingerprint density at radius 2 is 2.00 bits per heavy atom. The SMILES string of the molecule is CC1=NOC(=O)/C1=C\C(C)c1ccccc1. The van der Waals surface area contributed by atoms with Gasteiger partial charge in [-0.05, 0) is 12.5 Å². The van der Waals surface area contributed by atoms with E-state index in [-0.39, 0.29) is 11.9 Å². The largest absolute Gasteiger partial charge is 0.367 e. The van der Waals surface area contributed by atoms with Gasteiger partial charge < -0.3 is 4.84 Å². The normalized spacial score (nSPS) is 19.5. The Balaban J connectivity index is 2.25. The van der Waals surface area contributed by atoms with Crippen molar-refractivity contribution in [2.45, 2.75) is 19.8 Å². The first-order chi connectivity index (χ1) is 7.68. The zero-order valence-corrected chi connectivity index (χ0v) is 9.31. The zero-order chi connectivity index (χ0) is 11.5. The van der Waals surface area contributed by atoms with Crippen LogP contribution in [0.5, 0.6) is 0 Å². The summed E-state index contributed by atoms with van der Waals surface area (Å²) in [6.45, 7) is 3.82. The maximum absolute atomic E-state index is 11.3. The molecule has 0 aromatic heterocycles. The van der Waals surface area contributed by atoms with Crippen molar-refractivity contribution in [2.24, 2.45) is 5.16 Å². The summed E-state index contributed by atoms with van der Waals surface area (Å²) in [5.74, 6) is -0.188. The van der Waals surface area contributed by atoms with Gasteiger partial charge in [-0.15, -0.1) is 0 Å². The van der Waals surface area contributed by atoms with Crippen LogP contribution in [0.25, 0.3) is 0 Å². The fraction of sp³-hybridized carbons (Fsp3) is 0.231. The Bertz CT molecular complexity index is 460. The number of benzene rings is 1. The monoisotopic (exact) mass is 215 g/mol. The minimum atomic E-state index is -0.361. The Morgan fingerprint density at radius 1 is 1.31 bits per heavy atom. The van der Waals surface area contributed by atoms with Crippen LogP contribution >= 0.6 is 0 Å². The third kappa shape index (κ3) is 2.03. The lowest BCUT2D eigenvalue weighted by atomic mass is 9.97. The fourth-order valence-electron chi connectivity index (χ4n) is 1.65. The number of allylic oxidation sites excluding steroid dienone is 1. The molecular formula is C13H13NO2. The standard InChI is InChI=1S/C13H13NO2/c1-9(11-6-4-3-5-7-11)8-12-10(2)14-16-13(12)15/h3-9H,1-2H3/b12-8-. The van der Waals surface area contributed by atoms with Gasteiger partial charge in [0, 0.05) is 5.92 Å². The molecule has 1 unspecified atom stereocenters. The summed E-state index contributed by atoms with van der Waals surface area (Å²) in [5, 5.41) is 3.64. The third-order valence-corrected chi connectivity index (χ3v) is 2.62. The molecule has 0 aliphatic carbocycles. The first kappa shape index (κ1) is 10.6. The quantitative estimate of drug-likeness (QED) is 0.562. The van der Waals surface area contributed by atoms with Gasteiger partial charge in [-0.25, -0.2) is 4.79 Å². The molecule has 1 aromatic carbocycles. The van der Waals surface area contributed by atoms with E-state index < -0.39 is 0 Å². The van der Waals surface area contributed by atoms with E-state index in [9.17, 15) is 4.79 Å². The van der Waals surface area contributed by atoms with E-state index in [2.05, 4.69) is 9.99 Å². The smallest absolute Gasteiger partial charge is 0.312 e. The molecule has 0 radical (unpaired) electrons. The van der Waals surface area contributed by atoms with E-state index in [0.717, 1.165) is 0 Å². The minimum absolute atomic E-state index is 0.173. The van der Waals surface area contributed by atoms with Crippen molar-refractivity contribution in [3.63, 3.8) is 0 Å². The van der Waals surface area contributed by atoms with Crippen LogP contribution in [-0.2, 0) is 9.63 Å². The summed E-state index contributed by atoms with van der Waals surface area (Å²) in [6, 6.07) is 10.0. The molecule has 1 atom stereocenters. The van der Waals surface area contributed by atoms with Crippen molar-refractivity contribution in [3.8, 4) is 0 Å². The Kier molecular flexibility index (Phi) is 2.86. The molecule has 3 nitrogen and oxygen atoms in total. The Hall–Kier alpha value is -1.90. The minimum Gasteiger partial charge on any atom is -0.312 e. The summed E-state index contributed by atoms with van der Waals surface area (Å²) < 4.78 is 0. The lowest BCUT2D eigenvalue weighted by Crippen LogP contribution is -2.04. The molecule has 0 saturated heterocycles. The lowest BCUT2D eigenvalue weighted by molar-refractivity contribution is -0.136. The van der Waals surface area contributed by atoms with Crippen LogP contribution in [0.1, 0.15) is 25.3 Å². The summed E-state index contributed by atoms with van der Waals surface area (Å²) >= 11 is 0. The van der Waals surface area contributed by atoms with Crippen LogP contribution in [0, 0.1) is 0 Å². The molecule has 1 heterocycles. The predicted molar refractivity (Wildman–Crippen MR) is 62.1 cm³/mol. The second kappa shape index (κ2) is 4.31. The average molecular weight is 215 g/mol. The zero-order valence-electron chi connectivity index (χ0n) is 9.31. The van der Waals surface area contributed by atoms with Gasteiger partial charge in [0.1, 0.15) is 0 Å².